The van der Waals surface area contributed by atoms with Crippen LogP contribution >= 0.6 is 0 Å². The number of methoxy groups -OCH3 is 2. The molecule has 7 nitrogen and oxygen atoms in total. The number of hydrogen-bond donors (Lipinski definition) is 3. The van der Waals surface area contributed by atoms with Crippen LogP contribution < -0.4 is 14.2 Å². The van der Waals surface area contributed by atoms with Gasteiger partial charge in [0.05, 0.1) is 31.3 Å². The summed E-state index contributed by atoms with van der Waals surface area (Å²) in [6, 6.07) is 8.78. The molecule has 2 aromatic carbocycles. The third kappa shape index (κ3) is 3.15. The monoisotopic (exact) mass is 365 g/mol. The average Bonchev–Trinajstić information content (AvgIpc) is 2.60. The summed E-state index contributed by atoms with van der Waals surface area (Å²) < 4.78 is 37.6. The zero-order chi connectivity index (χ0) is 18.2. The first-order valence-corrected chi connectivity index (χ1v) is 9.09. The van der Waals surface area contributed by atoms with Gasteiger partial charge in [-0.2, -0.15) is 0 Å². The van der Waals surface area contributed by atoms with Gasteiger partial charge in [-0.3, -0.25) is 0 Å². The lowest BCUT2D eigenvalue weighted by Gasteiger charge is -2.31. The molecule has 25 heavy (non-hydrogen) atoms. The van der Waals surface area contributed by atoms with Gasteiger partial charge < -0.3 is 19.7 Å². The maximum Gasteiger partial charge on any atom is 0.241 e. The molecule has 2 atom stereocenters. The summed E-state index contributed by atoms with van der Waals surface area (Å²) in [6.07, 6.45) is -0.799. The fraction of sp³-hybridized carbons (Fsp3) is 0.294. The highest BCUT2D eigenvalue weighted by molar-refractivity contribution is 7.89. The molecule has 0 radical (unpaired) electrons. The van der Waals surface area contributed by atoms with Gasteiger partial charge in [0, 0.05) is 5.56 Å². The number of rotatable bonds is 4. The molecule has 3 N–H and O–H groups in total. The minimum absolute atomic E-state index is 0.0830. The van der Waals surface area contributed by atoms with Gasteiger partial charge in [0.25, 0.3) is 0 Å². The largest absolute Gasteiger partial charge is 0.502 e. The van der Waals surface area contributed by atoms with Crippen molar-refractivity contribution < 1.29 is 28.1 Å². The predicted octanol–water partition coefficient (Wildman–Crippen LogP) is 1.35. The molecule has 2 aromatic rings. The minimum atomic E-state index is -3.71. The molecule has 0 aliphatic carbocycles. The van der Waals surface area contributed by atoms with Crippen LogP contribution in [-0.2, 0) is 16.4 Å². The van der Waals surface area contributed by atoms with Crippen LogP contribution in [0.3, 0.4) is 0 Å². The van der Waals surface area contributed by atoms with Crippen molar-refractivity contribution in [1.29, 1.82) is 0 Å². The fourth-order valence-corrected chi connectivity index (χ4v) is 4.48. The molecule has 0 fully saturated rings. The van der Waals surface area contributed by atoms with E-state index in [2.05, 4.69) is 4.72 Å². The number of ether oxygens (including phenoxy) is 2. The SMILES string of the molecule is COc1cc(C[C@H]2NS(=O)(=O)c3ccccc3[C@@H]2O)cc(OC)c1O. The van der Waals surface area contributed by atoms with Gasteiger partial charge >= 0.3 is 0 Å². The summed E-state index contributed by atoms with van der Waals surface area (Å²) in [5.74, 6) is 0.287. The number of benzene rings is 2. The summed E-state index contributed by atoms with van der Waals surface area (Å²) in [7, 11) is -0.887. The lowest BCUT2D eigenvalue weighted by molar-refractivity contribution is 0.131. The van der Waals surface area contributed by atoms with Crippen LogP contribution in [0.25, 0.3) is 0 Å². The van der Waals surface area contributed by atoms with Gasteiger partial charge in [-0.05, 0) is 30.2 Å². The molecule has 1 aliphatic rings. The Labute approximate surface area is 145 Å². The third-order valence-electron chi connectivity index (χ3n) is 4.21. The van der Waals surface area contributed by atoms with Crippen molar-refractivity contribution in [3.05, 3.63) is 47.5 Å². The topological polar surface area (TPSA) is 105 Å². The van der Waals surface area contributed by atoms with E-state index in [4.69, 9.17) is 9.47 Å². The van der Waals surface area contributed by atoms with Gasteiger partial charge in [-0.1, -0.05) is 18.2 Å². The van der Waals surface area contributed by atoms with Crippen LogP contribution in [0.1, 0.15) is 17.2 Å². The second-order valence-electron chi connectivity index (χ2n) is 5.76. The first kappa shape index (κ1) is 17.5. The van der Waals surface area contributed by atoms with Gasteiger partial charge in [0.1, 0.15) is 0 Å². The molecule has 134 valence electrons. The highest BCUT2D eigenvalue weighted by atomic mass is 32.2. The second-order valence-corrected chi connectivity index (χ2v) is 7.45. The molecule has 3 rings (SSSR count). The predicted molar refractivity (Wildman–Crippen MR) is 90.4 cm³/mol. The average molecular weight is 365 g/mol. The number of nitrogens with one attached hydrogen (secondary N) is 1. The Morgan fingerprint density at radius 3 is 2.32 bits per heavy atom. The van der Waals surface area contributed by atoms with Crippen molar-refractivity contribution in [3.63, 3.8) is 0 Å². The first-order valence-electron chi connectivity index (χ1n) is 7.60. The van der Waals surface area contributed by atoms with Crippen molar-refractivity contribution in [1.82, 2.24) is 4.72 Å². The molecule has 0 bridgehead atoms. The molecule has 0 amide bonds. The Hall–Kier alpha value is -2.29. The lowest BCUT2D eigenvalue weighted by atomic mass is 9.96. The zero-order valence-electron chi connectivity index (χ0n) is 13.8. The number of aliphatic hydroxyl groups is 1. The summed E-state index contributed by atoms with van der Waals surface area (Å²) in [6.45, 7) is 0. The second kappa shape index (κ2) is 6.55. The number of aliphatic hydroxyl groups excluding tert-OH is 1. The molecule has 0 unspecified atom stereocenters. The highest BCUT2D eigenvalue weighted by Gasteiger charge is 2.36. The summed E-state index contributed by atoms with van der Waals surface area (Å²) in [5, 5.41) is 20.6. The van der Waals surface area contributed by atoms with Crippen LogP contribution in [0.2, 0.25) is 0 Å². The number of sulfonamides is 1. The maximum absolute atomic E-state index is 12.4. The van der Waals surface area contributed by atoms with Gasteiger partial charge in [-0.15, -0.1) is 0 Å². The van der Waals surface area contributed by atoms with Gasteiger partial charge in [0.15, 0.2) is 11.5 Å². The lowest BCUT2D eigenvalue weighted by Crippen LogP contribution is -2.45. The van der Waals surface area contributed by atoms with E-state index in [1.54, 1.807) is 30.3 Å². The summed E-state index contributed by atoms with van der Waals surface area (Å²) in [5.41, 5.74) is 1.02. The highest BCUT2D eigenvalue weighted by Crippen LogP contribution is 2.38. The van der Waals surface area contributed by atoms with Crippen molar-refractivity contribution in [2.75, 3.05) is 14.2 Å². The van der Waals surface area contributed by atoms with E-state index in [1.807, 2.05) is 0 Å². The van der Waals surface area contributed by atoms with Crippen LogP contribution in [-0.4, -0.2) is 38.9 Å². The maximum atomic E-state index is 12.4. The molecule has 0 saturated heterocycles. The number of phenols is 1. The number of aromatic hydroxyl groups is 1. The van der Waals surface area contributed by atoms with E-state index >= 15 is 0 Å². The summed E-state index contributed by atoms with van der Waals surface area (Å²) in [4.78, 5) is 0.0830. The first-order chi connectivity index (χ1) is 11.9. The zero-order valence-corrected chi connectivity index (χ0v) is 14.6. The minimum Gasteiger partial charge on any atom is -0.502 e. The van der Waals surface area contributed by atoms with Crippen LogP contribution in [0.4, 0.5) is 0 Å². The van der Waals surface area contributed by atoms with Gasteiger partial charge in [0.2, 0.25) is 15.8 Å². The fourth-order valence-electron chi connectivity index (χ4n) is 2.99. The van der Waals surface area contributed by atoms with Crippen molar-refractivity contribution in [3.8, 4) is 17.2 Å². The van der Waals surface area contributed by atoms with Crippen LogP contribution in [0.15, 0.2) is 41.3 Å². The van der Waals surface area contributed by atoms with E-state index in [0.717, 1.165) is 0 Å². The number of fused-ring (bicyclic) bond motifs is 1. The van der Waals surface area contributed by atoms with Crippen molar-refractivity contribution >= 4 is 10.0 Å². The van der Waals surface area contributed by atoms with E-state index in [-0.39, 0.29) is 28.6 Å². The standard InChI is InChI=1S/C17H19NO6S/c1-23-13-8-10(9-14(24-2)17(13)20)7-12-16(19)11-5-3-4-6-15(11)25(21,22)18-12/h3-6,8-9,12,16,18-20H,7H2,1-2H3/t12-,16+/m1/s1. The van der Waals surface area contributed by atoms with Crippen LogP contribution in [0, 0.1) is 0 Å². The van der Waals surface area contributed by atoms with E-state index < -0.39 is 22.2 Å². The smallest absolute Gasteiger partial charge is 0.241 e. The van der Waals surface area contributed by atoms with Gasteiger partial charge in [-0.25, -0.2) is 13.1 Å². The number of phenolic OH excluding ortho intramolecular Hbond substituents is 1. The molecular weight excluding hydrogens is 346 g/mol. The van der Waals surface area contributed by atoms with Crippen LogP contribution in [0.5, 0.6) is 17.2 Å². The Morgan fingerprint density at radius 1 is 1.12 bits per heavy atom. The Kier molecular flexibility index (Phi) is 4.59. The van der Waals surface area contributed by atoms with E-state index in [0.29, 0.717) is 11.1 Å². The van der Waals surface area contributed by atoms with Crippen molar-refractivity contribution in [2.24, 2.45) is 0 Å². The van der Waals surface area contributed by atoms with Crippen molar-refractivity contribution in [2.45, 2.75) is 23.5 Å². The quantitative estimate of drug-likeness (QED) is 0.755. The molecule has 0 saturated carbocycles. The molecular formula is C17H19NO6S. The molecule has 0 spiro atoms. The normalized spacial score (nSPS) is 21.4. The van der Waals surface area contributed by atoms with E-state index in [1.165, 1.54) is 20.3 Å². The summed E-state index contributed by atoms with van der Waals surface area (Å²) >= 11 is 0. The molecule has 8 heteroatoms. The Morgan fingerprint density at radius 2 is 1.72 bits per heavy atom. The van der Waals surface area contributed by atoms with E-state index in [9.17, 15) is 18.6 Å². The Balaban J connectivity index is 1.97. The molecule has 1 aliphatic heterocycles. The third-order valence-corrected chi connectivity index (χ3v) is 5.77. The molecule has 1 heterocycles. The number of hydrogen-bond acceptors (Lipinski definition) is 6. The Bertz CT molecular complexity index is 871. The molecule has 0 aromatic heterocycles.